The molecule has 0 aliphatic heterocycles. The smallest absolute Gasteiger partial charge is 0.171 e. The van der Waals surface area contributed by atoms with Crippen LogP contribution in [0.2, 0.25) is 5.15 Å². The second-order valence-electron chi connectivity index (χ2n) is 3.17. The summed E-state index contributed by atoms with van der Waals surface area (Å²) in [5.41, 5.74) is 0. The summed E-state index contributed by atoms with van der Waals surface area (Å²) in [7, 11) is 0. The van der Waals surface area contributed by atoms with Crippen molar-refractivity contribution in [3.63, 3.8) is 0 Å². The van der Waals surface area contributed by atoms with Crippen molar-refractivity contribution in [2.24, 2.45) is 0 Å². The number of rotatable bonds is 4. The van der Waals surface area contributed by atoms with Crippen molar-refractivity contribution in [3.05, 3.63) is 34.1 Å². The lowest BCUT2D eigenvalue weighted by atomic mass is 10.2. The third-order valence-corrected chi connectivity index (χ3v) is 3.29. The Bertz CT molecular complexity index is 446. The van der Waals surface area contributed by atoms with Crippen molar-refractivity contribution in [1.29, 1.82) is 0 Å². The molecule has 0 fully saturated rings. The van der Waals surface area contributed by atoms with Gasteiger partial charge >= 0.3 is 0 Å². The van der Waals surface area contributed by atoms with Crippen LogP contribution in [0.5, 0.6) is 0 Å². The summed E-state index contributed by atoms with van der Waals surface area (Å²) < 4.78 is 0. The summed E-state index contributed by atoms with van der Waals surface area (Å²) in [5, 5.41) is 6.62. The van der Waals surface area contributed by atoms with E-state index in [0.717, 1.165) is 11.4 Å². The largest absolute Gasteiger partial charge is 0.358 e. The highest BCUT2D eigenvalue weighted by atomic mass is 35.5. The van der Waals surface area contributed by atoms with Crippen molar-refractivity contribution in [1.82, 2.24) is 15.0 Å². The topological polar surface area (TPSA) is 50.7 Å². The summed E-state index contributed by atoms with van der Waals surface area (Å²) in [4.78, 5) is 12.4. The van der Waals surface area contributed by atoms with Crippen LogP contribution in [0.15, 0.2) is 24.0 Å². The Hall–Kier alpha value is -1.20. The van der Waals surface area contributed by atoms with Crippen molar-refractivity contribution in [2.75, 3.05) is 5.32 Å². The maximum atomic E-state index is 5.93. The third kappa shape index (κ3) is 2.48. The molecule has 2 aromatic rings. The molecule has 1 atom stereocenters. The fourth-order valence-electron chi connectivity index (χ4n) is 1.33. The summed E-state index contributed by atoms with van der Waals surface area (Å²) in [6.45, 7) is 2.09. The lowest BCUT2D eigenvalue weighted by Gasteiger charge is -2.15. The fraction of sp³-hybridized carbons (Fsp3) is 0.300. The minimum absolute atomic E-state index is 0.134. The predicted molar refractivity (Wildman–Crippen MR) is 65.8 cm³/mol. The number of halogens is 1. The molecule has 0 aromatic carbocycles. The van der Waals surface area contributed by atoms with Crippen molar-refractivity contribution in [3.8, 4) is 0 Å². The third-order valence-electron chi connectivity index (χ3n) is 2.12. The molecular formula is C10H11ClN4S. The van der Waals surface area contributed by atoms with E-state index in [1.807, 2.05) is 5.38 Å². The molecule has 0 radical (unpaired) electrons. The normalized spacial score (nSPS) is 12.4. The Labute approximate surface area is 103 Å². The summed E-state index contributed by atoms with van der Waals surface area (Å²) in [6, 6.07) is 0.134. The molecule has 0 aliphatic rings. The van der Waals surface area contributed by atoms with Crippen LogP contribution >= 0.6 is 22.9 Å². The van der Waals surface area contributed by atoms with Gasteiger partial charge in [-0.25, -0.2) is 15.0 Å². The maximum absolute atomic E-state index is 5.93. The number of thiazole rings is 1. The number of hydrogen-bond donors (Lipinski definition) is 1. The Morgan fingerprint density at radius 1 is 1.31 bits per heavy atom. The van der Waals surface area contributed by atoms with Gasteiger partial charge in [0.05, 0.1) is 6.04 Å². The van der Waals surface area contributed by atoms with Gasteiger partial charge in [-0.15, -0.1) is 11.3 Å². The van der Waals surface area contributed by atoms with Crippen LogP contribution in [0.25, 0.3) is 0 Å². The van der Waals surface area contributed by atoms with Crippen LogP contribution in [0.3, 0.4) is 0 Å². The molecule has 2 rings (SSSR count). The summed E-state index contributed by atoms with van der Waals surface area (Å²) >= 11 is 7.55. The molecule has 6 heteroatoms. The zero-order chi connectivity index (χ0) is 11.4. The van der Waals surface area contributed by atoms with E-state index in [1.165, 1.54) is 0 Å². The molecule has 1 unspecified atom stereocenters. The molecule has 0 spiro atoms. The van der Waals surface area contributed by atoms with E-state index < -0.39 is 0 Å². The molecule has 84 valence electrons. The monoisotopic (exact) mass is 254 g/mol. The molecule has 16 heavy (non-hydrogen) atoms. The van der Waals surface area contributed by atoms with Gasteiger partial charge in [0.15, 0.2) is 11.0 Å². The first-order valence-corrected chi connectivity index (χ1v) is 6.19. The lowest BCUT2D eigenvalue weighted by Crippen LogP contribution is -2.11. The van der Waals surface area contributed by atoms with Crippen molar-refractivity contribution in [2.45, 2.75) is 19.4 Å². The first-order chi connectivity index (χ1) is 7.81. The van der Waals surface area contributed by atoms with Gasteiger partial charge in [-0.1, -0.05) is 18.5 Å². The quantitative estimate of drug-likeness (QED) is 0.911. The number of nitrogens with one attached hydrogen (secondary N) is 1. The molecule has 4 nitrogen and oxygen atoms in total. The van der Waals surface area contributed by atoms with Crippen LogP contribution in [-0.4, -0.2) is 15.0 Å². The van der Waals surface area contributed by atoms with E-state index in [2.05, 4.69) is 27.2 Å². The van der Waals surface area contributed by atoms with Crippen molar-refractivity contribution < 1.29 is 0 Å². The van der Waals surface area contributed by atoms with Gasteiger partial charge in [0.2, 0.25) is 0 Å². The average molecular weight is 255 g/mol. The summed E-state index contributed by atoms with van der Waals surface area (Å²) in [6.07, 6.45) is 5.89. The Kier molecular flexibility index (Phi) is 3.69. The molecule has 0 bridgehead atoms. The maximum Gasteiger partial charge on any atom is 0.171 e. The lowest BCUT2D eigenvalue weighted by molar-refractivity contribution is 0.736. The minimum Gasteiger partial charge on any atom is -0.358 e. The van der Waals surface area contributed by atoms with Crippen LogP contribution in [0, 0.1) is 0 Å². The van der Waals surface area contributed by atoms with Gasteiger partial charge in [-0.3, -0.25) is 0 Å². The Balaban J connectivity index is 2.17. The molecule has 0 saturated heterocycles. The molecule has 0 saturated carbocycles. The van der Waals surface area contributed by atoms with E-state index >= 15 is 0 Å². The van der Waals surface area contributed by atoms with Gasteiger partial charge in [0.1, 0.15) is 5.01 Å². The molecule has 2 heterocycles. The Morgan fingerprint density at radius 3 is 2.75 bits per heavy atom. The highest BCUT2D eigenvalue weighted by Gasteiger charge is 2.13. The Morgan fingerprint density at radius 2 is 2.12 bits per heavy atom. The van der Waals surface area contributed by atoms with Gasteiger partial charge in [-0.05, 0) is 6.42 Å². The number of aromatic nitrogens is 3. The van der Waals surface area contributed by atoms with Crippen LogP contribution in [0.4, 0.5) is 5.82 Å². The van der Waals surface area contributed by atoms with Gasteiger partial charge in [0, 0.05) is 24.0 Å². The van der Waals surface area contributed by atoms with Crippen LogP contribution in [0.1, 0.15) is 24.4 Å². The average Bonchev–Trinajstić information content (AvgIpc) is 2.81. The second-order valence-corrected chi connectivity index (χ2v) is 4.46. The zero-order valence-electron chi connectivity index (χ0n) is 8.72. The second kappa shape index (κ2) is 5.23. The van der Waals surface area contributed by atoms with Gasteiger partial charge in [0.25, 0.3) is 0 Å². The first kappa shape index (κ1) is 11.3. The van der Waals surface area contributed by atoms with E-state index in [1.54, 1.807) is 29.9 Å². The van der Waals surface area contributed by atoms with Crippen LogP contribution in [-0.2, 0) is 0 Å². The minimum atomic E-state index is 0.134. The highest BCUT2D eigenvalue weighted by molar-refractivity contribution is 7.09. The first-order valence-electron chi connectivity index (χ1n) is 4.93. The fourth-order valence-corrected chi connectivity index (χ4v) is 2.26. The molecule has 0 amide bonds. The molecule has 2 aromatic heterocycles. The van der Waals surface area contributed by atoms with Crippen molar-refractivity contribution >= 4 is 28.8 Å². The number of nitrogens with zero attached hydrogens (tertiary/aromatic N) is 3. The van der Waals surface area contributed by atoms with E-state index in [0.29, 0.717) is 11.0 Å². The van der Waals surface area contributed by atoms with Gasteiger partial charge in [-0.2, -0.15) is 0 Å². The SMILES string of the molecule is CCC(Nc1nccnc1Cl)c1nccs1. The van der Waals surface area contributed by atoms with E-state index in [4.69, 9.17) is 11.6 Å². The number of anilines is 1. The zero-order valence-corrected chi connectivity index (χ0v) is 10.3. The van der Waals surface area contributed by atoms with Crippen LogP contribution < -0.4 is 5.32 Å². The standard InChI is InChI=1S/C10H11ClN4S/c1-2-7(10-14-5-6-16-10)15-9-8(11)12-3-4-13-9/h3-7H,2H2,1H3,(H,13,15). The predicted octanol–water partition coefficient (Wildman–Crippen LogP) is 3.15. The molecular weight excluding hydrogens is 244 g/mol. The number of hydrogen-bond acceptors (Lipinski definition) is 5. The van der Waals surface area contributed by atoms with E-state index in [9.17, 15) is 0 Å². The molecule has 1 N–H and O–H groups in total. The molecule has 0 aliphatic carbocycles. The van der Waals surface area contributed by atoms with E-state index in [-0.39, 0.29) is 6.04 Å². The highest BCUT2D eigenvalue weighted by Crippen LogP contribution is 2.25. The van der Waals surface area contributed by atoms with Gasteiger partial charge < -0.3 is 5.32 Å². The summed E-state index contributed by atoms with van der Waals surface area (Å²) in [5.74, 6) is 0.603.